The number of nitrogens with one attached hydrogen (secondary N) is 2. The van der Waals surface area contributed by atoms with Gasteiger partial charge in [-0.25, -0.2) is 30.0 Å². The highest BCUT2D eigenvalue weighted by molar-refractivity contribution is 7.59. The number of aromatic nitrogens is 4. The lowest BCUT2D eigenvalue weighted by atomic mass is 10.1. The second kappa shape index (κ2) is 12.9. The van der Waals surface area contributed by atoms with E-state index in [0.717, 1.165) is 12.1 Å². The van der Waals surface area contributed by atoms with Crippen molar-refractivity contribution in [3.8, 4) is 0 Å². The molecule has 0 fully saturated rings. The number of rotatable bonds is 13. The number of imidazole rings is 1. The lowest BCUT2D eigenvalue weighted by Crippen LogP contribution is -2.50. The maximum atomic E-state index is 14.3. The first-order valence-corrected chi connectivity index (χ1v) is 14.5. The number of nitrogens with zero attached hydrogens (tertiary/aromatic N) is 5. The largest absolute Gasteiger partial charge is 0.464 e. The number of nitrogen functional groups attached to an aromatic ring is 1. The van der Waals surface area contributed by atoms with Crippen molar-refractivity contribution < 1.29 is 32.0 Å². The third-order valence-corrected chi connectivity index (χ3v) is 7.96. The minimum absolute atomic E-state index is 0.0840. The fourth-order valence-electron chi connectivity index (χ4n) is 3.85. The van der Waals surface area contributed by atoms with Gasteiger partial charge < -0.3 is 19.8 Å². The van der Waals surface area contributed by atoms with Crippen molar-refractivity contribution in [2.45, 2.75) is 64.5 Å². The first kappa shape index (κ1) is 32.0. The smallest absolute Gasteiger partial charge is 0.408 e. The molecule has 3 rings (SSSR count). The van der Waals surface area contributed by atoms with Crippen LogP contribution in [0.25, 0.3) is 16.0 Å². The Morgan fingerprint density at radius 2 is 1.90 bits per heavy atom. The van der Waals surface area contributed by atoms with Crippen molar-refractivity contribution in [1.82, 2.24) is 29.7 Å². The van der Waals surface area contributed by atoms with Gasteiger partial charge in [0.1, 0.15) is 29.8 Å². The molecule has 0 amide bonds. The van der Waals surface area contributed by atoms with E-state index in [1.54, 1.807) is 18.4 Å². The van der Waals surface area contributed by atoms with Crippen LogP contribution in [0.15, 0.2) is 36.9 Å². The van der Waals surface area contributed by atoms with E-state index in [2.05, 4.69) is 30.0 Å². The summed E-state index contributed by atoms with van der Waals surface area (Å²) in [5.41, 5.74) is 4.86. The molecule has 1 aromatic carbocycles. The van der Waals surface area contributed by atoms with Crippen LogP contribution in [0.5, 0.6) is 0 Å². The summed E-state index contributed by atoms with van der Waals surface area (Å²) in [6.45, 7) is 13.4. The standard InChI is InChI=1S/C25H32F3N8O4P/c1-6-11-39-23(37)24(3,4)35-41(38,34-20(25(26,27)28)17-7-9-18(30-5)10-8-17)15-40-16(2)12-36-14-33-19-21(29)31-13-32-22(19)36/h7-10,13-14,16,20H,6,11-12,15H2,1-4H3,(H2,29,31,32)(H2,34,35,38)/t16-,20+,41+/m1/s1. The summed E-state index contributed by atoms with van der Waals surface area (Å²) >= 11 is 0. The van der Waals surface area contributed by atoms with E-state index >= 15 is 0 Å². The van der Waals surface area contributed by atoms with Crippen LogP contribution >= 0.6 is 7.44 Å². The van der Waals surface area contributed by atoms with E-state index in [9.17, 15) is 22.5 Å². The number of fused-ring (bicyclic) bond motifs is 1. The third-order valence-electron chi connectivity index (χ3n) is 5.85. The summed E-state index contributed by atoms with van der Waals surface area (Å²) < 4.78 is 69.5. The molecule has 0 radical (unpaired) electrons. The zero-order valence-electron chi connectivity index (χ0n) is 23.0. The topological polar surface area (TPSA) is 151 Å². The molecule has 0 saturated heterocycles. The molecule has 16 heteroatoms. The number of esters is 1. The predicted molar refractivity (Wildman–Crippen MR) is 146 cm³/mol. The fraction of sp³-hybridized carbons (Fsp3) is 0.480. The third kappa shape index (κ3) is 8.23. The monoisotopic (exact) mass is 596 g/mol. The van der Waals surface area contributed by atoms with E-state index in [0.29, 0.717) is 17.6 Å². The maximum absolute atomic E-state index is 14.3. The number of nitrogens with two attached hydrogens (primary N) is 1. The van der Waals surface area contributed by atoms with E-state index < -0.39 is 43.6 Å². The molecule has 0 aliphatic heterocycles. The van der Waals surface area contributed by atoms with Gasteiger partial charge in [0.05, 0.1) is 32.2 Å². The van der Waals surface area contributed by atoms with Crippen molar-refractivity contribution in [1.29, 1.82) is 0 Å². The van der Waals surface area contributed by atoms with Gasteiger partial charge in [0.2, 0.25) is 7.44 Å². The van der Waals surface area contributed by atoms with E-state index in [1.165, 1.54) is 38.6 Å². The van der Waals surface area contributed by atoms with Gasteiger partial charge in [-0.1, -0.05) is 31.2 Å². The summed E-state index contributed by atoms with van der Waals surface area (Å²) in [6.07, 6.45) is -3.03. The average molecular weight is 597 g/mol. The number of anilines is 1. The van der Waals surface area contributed by atoms with Crippen molar-refractivity contribution in [2.24, 2.45) is 0 Å². The maximum Gasteiger partial charge on any atom is 0.408 e. The second-order valence-electron chi connectivity index (χ2n) is 9.85. The Labute approximate surface area is 235 Å². The summed E-state index contributed by atoms with van der Waals surface area (Å²) in [5, 5.41) is 4.76. The Bertz CT molecular complexity index is 1440. The summed E-state index contributed by atoms with van der Waals surface area (Å²) in [7, 11) is -4.34. The normalized spacial score (nSPS) is 15.2. The molecule has 12 nitrogen and oxygen atoms in total. The van der Waals surface area contributed by atoms with Gasteiger partial charge in [0.15, 0.2) is 17.2 Å². The summed E-state index contributed by atoms with van der Waals surface area (Å²) in [6, 6.07) is 2.32. The van der Waals surface area contributed by atoms with Crippen LogP contribution in [0.1, 0.15) is 45.7 Å². The van der Waals surface area contributed by atoms with Crippen LogP contribution in [-0.2, 0) is 25.4 Å². The van der Waals surface area contributed by atoms with Crippen molar-refractivity contribution in [2.75, 3.05) is 18.7 Å². The van der Waals surface area contributed by atoms with Gasteiger partial charge in [-0.3, -0.25) is 9.36 Å². The van der Waals surface area contributed by atoms with E-state index in [-0.39, 0.29) is 30.2 Å². The van der Waals surface area contributed by atoms with Crippen molar-refractivity contribution >= 4 is 36.1 Å². The minimum atomic E-state index is -4.88. The molecule has 3 aromatic rings. The summed E-state index contributed by atoms with van der Waals surface area (Å²) in [5.74, 6) is -0.610. The van der Waals surface area contributed by atoms with Crippen LogP contribution in [0.2, 0.25) is 0 Å². The molecule has 41 heavy (non-hydrogen) atoms. The highest BCUT2D eigenvalue weighted by atomic mass is 31.2. The van der Waals surface area contributed by atoms with E-state index in [4.69, 9.17) is 21.8 Å². The van der Waals surface area contributed by atoms with Crippen molar-refractivity contribution in [3.05, 3.63) is 53.9 Å². The molecule has 0 spiro atoms. The Kier molecular flexibility index (Phi) is 10.1. The number of benzene rings is 1. The number of carbonyl (C=O) groups is 1. The Morgan fingerprint density at radius 1 is 1.22 bits per heavy atom. The average Bonchev–Trinajstić information content (AvgIpc) is 3.32. The van der Waals surface area contributed by atoms with Gasteiger partial charge in [0.25, 0.3) is 0 Å². The van der Waals surface area contributed by atoms with Crippen LogP contribution in [0.4, 0.5) is 24.7 Å². The van der Waals surface area contributed by atoms with Crippen LogP contribution in [0.3, 0.4) is 0 Å². The first-order valence-electron chi connectivity index (χ1n) is 12.6. The van der Waals surface area contributed by atoms with E-state index in [1.807, 2.05) is 0 Å². The molecule has 4 N–H and O–H groups in total. The van der Waals surface area contributed by atoms with Gasteiger partial charge in [0, 0.05) is 0 Å². The highest BCUT2D eigenvalue weighted by Crippen LogP contribution is 2.46. The molecule has 0 unspecified atom stereocenters. The number of ether oxygens (including phenoxy) is 2. The molecule has 2 heterocycles. The molecular formula is C25H32F3N8O4P. The number of alkyl halides is 3. The van der Waals surface area contributed by atoms with Gasteiger partial charge in [-0.2, -0.15) is 13.2 Å². The number of hydrogen-bond donors (Lipinski definition) is 3. The molecule has 3 atom stereocenters. The molecule has 0 bridgehead atoms. The van der Waals surface area contributed by atoms with Crippen LogP contribution in [-0.4, -0.2) is 56.3 Å². The van der Waals surface area contributed by atoms with Gasteiger partial charge in [-0.05, 0) is 32.8 Å². The van der Waals surface area contributed by atoms with Crippen LogP contribution < -0.4 is 15.9 Å². The lowest BCUT2D eigenvalue weighted by Gasteiger charge is -2.34. The molecule has 0 saturated carbocycles. The zero-order chi connectivity index (χ0) is 30.4. The molecular weight excluding hydrogens is 564 g/mol. The Morgan fingerprint density at radius 3 is 2.51 bits per heavy atom. The molecule has 0 aliphatic rings. The Balaban J connectivity index is 1.88. The number of hydrogen-bond acceptors (Lipinski definition) is 8. The Hall–Kier alpha value is -3.57. The fourth-order valence-corrected chi connectivity index (χ4v) is 6.23. The quantitative estimate of drug-likeness (QED) is 0.144. The molecule has 0 aliphatic carbocycles. The molecule has 2 aromatic heterocycles. The zero-order valence-corrected chi connectivity index (χ0v) is 23.9. The molecule has 222 valence electrons. The first-order chi connectivity index (χ1) is 19.2. The highest BCUT2D eigenvalue weighted by Gasteiger charge is 2.47. The van der Waals surface area contributed by atoms with Gasteiger partial charge in [-0.15, -0.1) is 0 Å². The summed E-state index contributed by atoms with van der Waals surface area (Å²) in [4.78, 5) is 28.1. The predicted octanol–water partition coefficient (Wildman–Crippen LogP) is 4.73. The number of carbonyl (C=O) groups excluding carboxylic acids is 1. The van der Waals surface area contributed by atoms with Crippen molar-refractivity contribution in [3.63, 3.8) is 0 Å². The second-order valence-corrected chi connectivity index (χ2v) is 12.1. The van der Waals surface area contributed by atoms with Gasteiger partial charge >= 0.3 is 12.1 Å². The SMILES string of the molecule is [C-]#[N+]c1ccc([C@H](N[P@@](=O)(CO[C@H](C)Cn2cnc3c(N)ncnc32)NC(C)(C)C(=O)OCCC)C(F)(F)F)cc1. The minimum Gasteiger partial charge on any atom is -0.464 e. The number of halogens is 3. The lowest BCUT2D eigenvalue weighted by molar-refractivity contribution is -0.153. The van der Waals surface area contributed by atoms with Crippen LogP contribution in [0, 0.1) is 6.57 Å².